The molecule has 3 aromatic rings. The summed E-state index contributed by atoms with van der Waals surface area (Å²) in [5.74, 6) is -0.641. The number of esters is 1. The molecule has 0 atom stereocenters. The van der Waals surface area contributed by atoms with Crippen molar-refractivity contribution in [2.75, 3.05) is 13.7 Å². The molecule has 0 saturated heterocycles. The van der Waals surface area contributed by atoms with Gasteiger partial charge in [0.1, 0.15) is 16.7 Å². The molecule has 1 aromatic heterocycles. The van der Waals surface area contributed by atoms with Gasteiger partial charge in [0.25, 0.3) is 0 Å². The Labute approximate surface area is 177 Å². The van der Waals surface area contributed by atoms with E-state index >= 15 is 0 Å². The van der Waals surface area contributed by atoms with Crippen LogP contribution in [0.2, 0.25) is 5.15 Å². The first-order valence-corrected chi connectivity index (χ1v) is 9.30. The van der Waals surface area contributed by atoms with Gasteiger partial charge < -0.3 is 9.47 Å². The van der Waals surface area contributed by atoms with Crippen LogP contribution in [0.3, 0.4) is 0 Å². The molecule has 0 spiro atoms. The molecule has 2 aromatic carbocycles. The Bertz CT molecular complexity index is 1090. The maximum absolute atomic E-state index is 13.1. The van der Waals surface area contributed by atoms with Crippen molar-refractivity contribution in [2.45, 2.75) is 6.92 Å². The van der Waals surface area contributed by atoms with Gasteiger partial charge in [0, 0.05) is 11.1 Å². The fourth-order valence-corrected chi connectivity index (χ4v) is 2.96. The number of rotatable bonds is 7. The average molecular weight is 429 g/mol. The van der Waals surface area contributed by atoms with Crippen LogP contribution < -0.4 is 4.74 Å². The Hall–Kier alpha value is -3.45. The molecule has 30 heavy (non-hydrogen) atoms. The molecule has 0 amide bonds. The van der Waals surface area contributed by atoms with Gasteiger partial charge in [0.05, 0.1) is 18.5 Å². The highest BCUT2D eigenvalue weighted by Gasteiger charge is 2.13. The number of aryl methyl sites for hydroxylation is 1. The maximum atomic E-state index is 13.1. The summed E-state index contributed by atoms with van der Waals surface area (Å²) in [6.07, 6.45) is 2.99. The number of nitrogens with zero attached hydrogens (tertiary/aromatic N) is 2. The van der Waals surface area contributed by atoms with Gasteiger partial charge >= 0.3 is 5.97 Å². The standard InChI is InChI=1S/C22H18ClFN2O4/c1-14-19(22(23)26(25-14)17-7-5-16(24)6-8-17)11-12-20(27)15-3-9-18(10-4-15)30-13-21(28)29-2/h3-12H,13H2,1-2H3/b12-11+. The minimum absolute atomic E-state index is 0.209. The number of allylic oxidation sites excluding steroid dienone is 1. The van der Waals surface area contributed by atoms with E-state index in [0.717, 1.165) is 0 Å². The van der Waals surface area contributed by atoms with Crippen molar-refractivity contribution in [1.82, 2.24) is 9.78 Å². The van der Waals surface area contributed by atoms with Gasteiger partial charge in [-0.3, -0.25) is 4.79 Å². The van der Waals surface area contributed by atoms with E-state index in [1.807, 2.05) is 0 Å². The van der Waals surface area contributed by atoms with Crippen LogP contribution in [-0.2, 0) is 9.53 Å². The van der Waals surface area contributed by atoms with Crippen LogP contribution in [0.5, 0.6) is 5.75 Å². The lowest BCUT2D eigenvalue weighted by molar-refractivity contribution is -0.142. The van der Waals surface area contributed by atoms with E-state index in [2.05, 4.69) is 9.84 Å². The predicted octanol–water partition coefficient (Wildman–Crippen LogP) is 4.42. The molecule has 0 bridgehead atoms. The van der Waals surface area contributed by atoms with Crippen LogP contribution in [0.25, 0.3) is 11.8 Å². The normalized spacial score (nSPS) is 10.9. The number of carbonyl (C=O) groups is 2. The zero-order valence-corrected chi connectivity index (χ0v) is 17.0. The maximum Gasteiger partial charge on any atom is 0.343 e. The molecule has 0 aliphatic rings. The minimum Gasteiger partial charge on any atom is -0.482 e. The van der Waals surface area contributed by atoms with Crippen LogP contribution >= 0.6 is 11.6 Å². The number of benzene rings is 2. The van der Waals surface area contributed by atoms with Crippen molar-refractivity contribution in [3.63, 3.8) is 0 Å². The van der Waals surface area contributed by atoms with Gasteiger partial charge in [0.15, 0.2) is 12.4 Å². The van der Waals surface area contributed by atoms with Crippen molar-refractivity contribution in [3.05, 3.63) is 82.4 Å². The lowest BCUT2D eigenvalue weighted by Crippen LogP contribution is -2.12. The summed E-state index contributed by atoms with van der Waals surface area (Å²) >= 11 is 6.42. The van der Waals surface area contributed by atoms with Crippen molar-refractivity contribution in [1.29, 1.82) is 0 Å². The molecule has 3 rings (SSSR count). The number of hydrogen-bond acceptors (Lipinski definition) is 5. The molecule has 6 nitrogen and oxygen atoms in total. The molecule has 154 valence electrons. The number of methoxy groups -OCH3 is 1. The number of halogens is 2. The predicted molar refractivity (Wildman–Crippen MR) is 111 cm³/mol. The van der Waals surface area contributed by atoms with Gasteiger partial charge in [-0.2, -0.15) is 5.10 Å². The second-order valence-corrected chi connectivity index (χ2v) is 6.62. The molecule has 0 saturated carbocycles. The summed E-state index contributed by atoms with van der Waals surface area (Å²) in [6.45, 7) is 1.56. The zero-order chi connectivity index (χ0) is 21.7. The van der Waals surface area contributed by atoms with Gasteiger partial charge in [-0.15, -0.1) is 0 Å². The zero-order valence-electron chi connectivity index (χ0n) is 16.3. The molecule has 0 unspecified atom stereocenters. The fraction of sp³-hybridized carbons (Fsp3) is 0.136. The minimum atomic E-state index is -0.494. The molecule has 0 fully saturated rings. The highest BCUT2D eigenvalue weighted by Crippen LogP contribution is 2.25. The Morgan fingerprint density at radius 2 is 1.80 bits per heavy atom. The second kappa shape index (κ2) is 9.37. The molecule has 0 radical (unpaired) electrons. The van der Waals surface area contributed by atoms with E-state index in [0.29, 0.717) is 33.4 Å². The SMILES string of the molecule is COC(=O)COc1ccc(C(=O)/C=C/c2c(C)nn(-c3ccc(F)cc3)c2Cl)cc1. The van der Waals surface area contributed by atoms with E-state index in [9.17, 15) is 14.0 Å². The van der Waals surface area contributed by atoms with E-state index in [1.165, 1.54) is 30.0 Å². The number of aromatic nitrogens is 2. The monoisotopic (exact) mass is 428 g/mol. The molecule has 0 N–H and O–H groups in total. The van der Waals surface area contributed by atoms with Crippen LogP contribution in [0.4, 0.5) is 4.39 Å². The summed E-state index contributed by atoms with van der Waals surface area (Å²) < 4.78 is 24.4. The summed E-state index contributed by atoms with van der Waals surface area (Å²) in [7, 11) is 1.27. The summed E-state index contributed by atoms with van der Waals surface area (Å²) in [4.78, 5) is 23.6. The van der Waals surface area contributed by atoms with Crippen LogP contribution in [0.1, 0.15) is 21.6 Å². The highest BCUT2D eigenvalue weighted by molar-refractivity contribution is 6.31. The van der Waals surface area contributed by atoms with Crippen molar-refractivity contribution in [2.24, 2.45) is 0 Å². The summed E-state index contributed by atoms with van der Waals surface area (Å²) in [6, 6.07) is 12.1. The first-order chi connectivity index (χ1) is 14.4. The Morgan fingerprint density at radius 1 is 1.13 bits per heavy atom. The van der Waals surface area contributed by atoms with Crippen molar-refractivity contribution < 1.29 is 23.5 Å². The average Bonchev–Trinajstić information content (AvgIpc) is 3.04. The number of ether oxygens (including phenoxy) is 2. The smallest absolute Gasteiger partial charge is 0.343 e. The van der Waals surface area contributed by atoms with Crippen LogP contribution in [-0.4, -0.2) is 35.2 Å². The number of hydrogen-bond donors (Lipinski definition) is 0. The van der Waals surface area contributed by atoms with Crippen LogP contribution in [0, 0.1) is 12.7 Å². The topological polar surface area (TPSA) is 70.4 Å². The third-order valence-corrected chi connectivity index (χ3v) is 4.61. The summed E-state index contributed by atoms with van der Waals surface area (Å²) in [5, 5.41) is 4.67. The highest BCUT2D eigenvalue weighted by atomic mass is 35.5. The number of carbonyl (C=O) groups excluding carboxylic acids is 2. The molecular formula is C22H18ClFN2O4. The number of ketones is 1. The van der Waals surface area contributed by atoms with Gasteiger partial charge in [-0.05, 0) is 67.6 Å². The Kier molecular flexibility index (Phi) is 6.64. The lowest BCUT2D eigenvalue weighted by atomic mass is 10.1. The third-order valence-electron chi connectivity index (χ3n) is 4.24. The fourth-order valence-electron chi connectivity index (χ4n) is 2.63. The third kappa shape index (κ3) is 4.93. The molecule has 0 aliphatic heterocycles. The lowest BCUT2D eigenvalue weighted by Gasteiger charge is -2.05. The molecule has 0 aliphatic carbocycles. The van der Waals surface area contributed by atoms with E-state index in [4.69, 9.17) is 16.3 Å². The first-order valence-electron chi connectivity index (χ1n) is 8.92. The van der Waals surface area contributed by atoms with Gasteiger partial charge in [0.2, 0.25) is 0 Å². The Balaban J connectivity index is 1.73. The van der Waals surface area contributed by atoms with Crippen molar-refractivity contribution in [3.8, 4) is 11.4 Å². The van der Waals surface area contributed by atoms with E-state index in [1.54, 1.807) is 49.4 Å². The Morgan fingerprint density at radius 3 is 2.43 bits per heavy atom. The van der Waals surface area contributed by atoms with E-state index < -0.39 is 5.97 Å². The molecule has 1 heterocycles. The summed E-state index contributed by atoms with van der Waals surface area (Å²) in [5.41, 5.74) is 2.27. The van der Waals surface area contributed by atoms with Gasteiger partial charge in [-0.1, -0.05) is 11.6 Å². The molecule has 8 heteroatoms. The molecular weight excluding hydrogens is 411 g/mol. The quantitative estimate of drug-likeness (QED) is 0.316. The first kappa shape index (κ1) is 21.3. The van der Waals surface area contributed by atoms with Crippen LogP contribution in [0.15, 0.2) is 54.6 Å². The van der Waals surface area contributed by atoms with Gasteiger partial charge in [-0.25, -0.2) is 13.9 Å². The second-order valence-electron chi connectivity index (χ2n) is 6.26. The van der Waals surface area contributed by atoms with Crippen molar-refractivity contribution >= 4 is 29.4 Å². The largest absolute Gasteiger partial charge is 0.482 e. The van der Waals surface area contributed by atoms with E-state index in [-0.39, 0.29) is 18.2 Å².